The lowest BCUT2D eigenvalue weighted by atomic mass is 9.91. The van der Waals surface area contributed by atoms with Crippen LogP contribution in [0.15, 0.2) is 72.8 Å². The van der Waals surface area contributed by atoms with Gasteiger partial charge in [-0.15, -0.1) is 0 Å². The number of ether oxygens (including phenoxy) is 9. The molecular weight excluding hydrogens is 696 g/mol. The van der Waals surface area contributed by atoms with Crippen LogP contribution in [0.5, 0.6) is 0 Å². The number of rotatable bonds is 0. The van der Waals surface area contributed by atoms with Crippen LogP contribution in [0.3, 0.4) is 0 Å². The molecule has 6 bridgehead atoms. The molecule has 54 heavy (non-hydrogen) atoms. The molecule has 4 aliphatic heterocycles. The largest absolute Gasteiger partial charge is 0.456 e. The van der Waals surface area contributed by atoms with Gasteiger partial charge in [0, 0.05) is 32.9 Å². The number of fused-ring (bicyclic) bond motifs is 9. The van der Waals surface area contributed by atoms with Crippen molar-refractivity contribution in [2.24, 2.45) is 16.2 Å². The second kappa shape index (κ2) is 14.2. The van der Waals surface area contributed by atoms with Gasteiger partial charge in [-0.05, 0) is 36.4 Å². The third-order valence-electron chi connectivity index (χ3n) is 9.97. The summed E-state index contributed by atoms with van der Waals surface area (Å²) < 4.78 is 56.1. The van der Waals surface area contributed by atoms with Gasteiger partial charge in [-0.25, -0.2) is 14.4 Å². The molecule has 0 aliphatic carbocycles. The Kier molecular flexibility index (Phi) is 9.99. The van der Waals surface area contributed by atoms with E-state index in [4.69, 9.17) is 42.6 Å². The molecule has 3 saturated heterocycles. The predicted molar refractivity (Wildman–Crippen MR) is 192 cm³/mol. The molecule has 0 atom stereocenters. The van der Waals surface area contributed by atoms with E-state index >= 15 is 0 Å². The summed E-state index contributed by atoms with van der Waals surface area (Å²) in [5.41, 5.74) is 1.10. The van der Waals surface area contributed by atoms with E-state index in [0.717, 1.165) is 0 Å². The average Bonchev–Trinajstić information content (AvgIpc) is 3.17. The van der Waals surface area contributed by atoms with Crippen LogP contribution in [-0.2, 0) is 60.0 Å². The highest BCUT2D eigenvalue weighted by Crippen LogP contribution is 2.42. The van der Waals surface area contributed by atoms with Crippen molar-refractivity contribution in [3.63, 3.8) is 0 Å². The maximum Gasteiger partial charge on any atom is 0.338 e. The van der Waals surface area contributed by atoms with Crippen LogP contribution in [-0.4, -0.2) is 77.4 Å². The van der Waals surface area contributed by atoms with Gasteiger partial charge in [0.15, 0.2) is 19.8 Å². The van der Waals surface area contributed by atoms with E-state index in [1.165, 1.54) is 6.07 Å². The van der Waals surface area contributed by atoms with Crippen LogP contribution < -0.4 is 0 Å². The Bertz CT molecular complexity index is 1880. The fraction of sp³-hybridized carbons (Fsp3) is 0.500. The Morgan fingerprint density at radius 1 is 0.370 bits per heavy atom. The van der Waals surface area contributed by atoms with Crippen molar-refractivity contribution in [2.45, 2.75) is 58.9 Å². The third kappa shape index (κ3) is 7.82. The smallest absolute Gasteiger partial charge is 0.338 e. The number of hydrogen-bond donors (Lipinski definition) is 0. The molecule has 0 saturated carbocycles. The number of cyclic esters (lactones) is 3. The number of hydrogen-bond acceptors (Lipinski definition) is 12. The minimum Gasteiger partial charge on any atom is -0.456 e. The molecule has 0 aromatic heterocycles. The zero-order valence-corrected chi connectivity index (χ0v) is 31.7. The molecule has 0 N–H and O–H groups in total. The van der Waals surface area contributed by atoms with Gasteiger partial charge in [0.1, 0.15) is 0 Å². The SMILES string of the molecule is CC1(C)COC2(COC(=O)c3cccc(c3)C(=O)OCC3(OCC(C)(C)CO3)c3cccc(c3)C3(COC(=O)c4cccc2c4)OCC(C)(C)CO3)OC1. The topological polar surface area (TPSA) is 134 Å². The molecule has 7 rings (SSSR count). The summed E-state index contributed by atoms with van der Waals surface area (Å²) >= 11 is 0. The van der Waals surface area contributed by atoms with Crippen molar-refractivity contribution in [2.75, 3.05) is 59.5 Å². The summed E-state index contributed by atoms with van der Waals surface area (Å²) in [6.45, 7) is 13.0. The molecule has 12 nitrogen and oxygen atoms in total. The molecule has 3 aromatic carbocycles. The molecule has 4 heterocycles. The van der Waals surface area contributed by atoms with Gasteiger partial charge >= 0.3 is 17.9 Å². The van der Waals surface area contributed by atoms with Gasteiger partial charge < -0.3 is 42.6 Å². The molecule has 3 aromatic rings. The van der Waals surface area contributed by atoms with Crippen molar-refractivity contribution in [1.82, 2.24) is 0 Å². The first-order valence-corrected chi connectivity index (χ1v) is 18.2. The Balaban J connectivity index is 1.30. The lowest BCUT2D eigenvalue weighted by Crippen LogP contribution is -2.50. The molecule has 3 spiro atoms. The van der Waals surface area contributed by atoms with Crippen molar-refractivity contribution in [3.05, 3.63) is 106 Å². The zero-order valence-electron chi connectivity index (χ0n) is 31.7. The lowest BCUT2D eigenvalue weighted by molar-refractivity contribution is -0.323. The quantitative estimate of drug-likeness (QED) is 0.190. The fourth-order valence-corrected chi connectivity index (χ4v) is 6.50. The predicted octanol–water partition coefficient (Wildman–Crippen LogP) is 6.25. The van der Waals surface area contributed by atoms with Gasteiger partial charge in [0.2, 0.25) is 17.4 Å². The number of carbonyl (C=O) groups excluding carboxylic acids is 3. The van der Waals surface area contributed by atoms with Crippen molar-refractivity contribution in [1.29, 1.82) is 0 Å². The van der Waals surface area contributed by atoms with Crippen molar-refractivity contribution in [3.8, 4) is 0 Å². The van der Waals surface area contributed by atoms with Crippen LogP contribution in [0.2, 0.25) is 0 Å². The monoisotopic (exact) mass is 744 g/mol. The molecule has 0 radical (unpaired) electrons. The minimum absolute atomic E-state index is 0.120. The van der Waals surface area contributed by atoms with Crippen LogP contribution in [0, 0.1) is 16.2 Å². The molecular formula is C42H48O12. The molecule has 12 heteroatoms. The molecule has 0 amide bonds. The van der Waals surface area contributed by atoms with Gasteiger partial charge in [-0.3, -0.25) is 0 Å². The Morgan fingerprint density at radius 2 is 0.648 bits per heavy atom. The summed E-state index contributed by atoms with van der Waals surface area (Å²) in [4.78, 5) is 40.9. The van der Waals surface area contributed by atoms with E-state index in [9.17, 15) is 14.4 Å². The highest BCUT2D eigenvalue weighted by atomic mass is 16.7. The number of carbonyl (C=O) groups is 3. The molecule has 3 fully saturated rings. The number of esters is 3. The standard InChI is InChI=1S/C42H48O12/c1-37(2)19-49-40(50-20-37)25-46-34(43)28-10-7-11-29(16-28)35(44)47-26-41(51-21-38(3,4)22-52-41)32-14-9-15-33(18-32)42(53-23-39(5,6)24-54-42)27-48-36(45)30-12-8-13-31(40)17-30/h7-18H,19-27H2,1-6H3. The average molecular weight is 745 g/mol. The first kappa shape index (κ1) is 38.1. The van der Waals surface area contributed by atoms with Crippen LogP contribution >= 0.6 is 0 Å². The third-order valence-corrected chi connectivity index (χ3v) is 9.97. The van der Waals surface area contributed by atoms with E-state index in [2.05, 4.69) is 0 Å². The summed E-state index contributed by atoms with van der Waals surface area (Å²) in [5.74, 6) is -6.55. The van der Waals surface area contributed by atoms with Gasteiger partial charge in [-0.1, -0.05) is 77.9 Å². The molecule has 4 aliphatic rings. The van der Waals surface area contributed by atoms with Crippen molar-refractivity contribution >= 4 is 17.9 Å². The summed E-state index contributed by atoms with van der Waals surface area (Å²) in [5, 5.41) is 0. The second-order valence-corrected chi connectivity index (χ2v) is 17.0. The zero-order chi connectivity index (χ0) is 38.4. The normalized spacial score (nSPS) is 24.4. The van der Waals surface area contributed by atoms with Crippen LogP contribution in [0.1, 0.15) is 89.3 Å². The van der Waals surface area contributed by atoms with E-state index in [1.54, 1.807) is 54.6 Å². The first-order valence-electron chi connectivity index (χ1n) is 18.2. The Labute approximate surface area is 315 Å². The van der Waals surface area contributed by atoms with E-state index < -0.39 is 35.3 Å². The summed E-state index contributed by atoms with van der Waals surface area (Å²) in [7, 11) is 0. The fourth-order valence-electron chi connectivity index (χ4n) is 6.50. The maximum absolute atomic E-state index is 13.8. The second-order valence-electron chi connectivity index (χ2n) is 17.0. The van der Waals surface area contributed by atoms with E-state index in [1.807, 2.05) is 53.7 Å². The Hall–Kier alpha value is -4.17. The van der Waals surface area contributed by atoms with Gasteiger partial charge in [-0.2, -0.15) is 0 Å². The van der Waals surface area contributed by atoms with E-state index in [0.29, 0.717) is 56.3 Å². The first-order chi connectivity index (χ1) is 25.5. The summed E-state index contributed by atoms with van der Waals surface area (Å²) in [6, 6.07) is 20.0. The minimum atomic E-state index is -1.53. The molecule has 0 unspecified atom stereocenters. The Morgan fingerprint density at radius 3 is 1.00 bits per heavy atom. The van der Waals surface area contributed by atoms with Gasteiger partial charge in [0.25, 0.3) is 0 Å². The van der Waals surface area contributed by atoms with Crippen LogP contribution in [0.4, 0.5) is 0 Å². The maximum atomic E-state index is 13.8. The van der Waals surface area contributed by atoms with E-state index in [-0.39, 0.29) is 52.8 Å². The molecule has 288 valence electrons. The highest BCUT2D eigenvalue weighted by Gasteiger charge is 2.48. The van der Waals surface area contributed by atoms with Crippen LogP contribution in [0.25, 0.3) is 0 Å². The number of benzene rings is 3. The summed E-state index contributed by atoms with van der Waals surface area (Å²) in [6.07, 6.45) is 0. The van der Waals surface area contributed by atoms with Gasteiger partial charge in [0.05, 0.1) is 56.3 Å². The van der Waals surface area contributed by atoms with Crippen molar-refractivity contribution < 1.29 is 57.0 Å². The lowest BCUT2D eigenvalue weighted by Gasteiger charge is -2.45. The highest BCUT2D eigenvalue weighted by molar-refractivity contribution is 5.95.